The highest BCUT2D eigenvalue weighted by molar-refractivity contribution is 5.94. The summed E-state index contributed by atoms with van der Waals surface area (Å²) in [5.74, 6) is 1.86. The number of carbonyl (C=O) groups excluding carboxylic acids is 1. The standard InChI is InChI=1S/C17H19NO4/c1-20-15-7-14(8-16(9-15)21-2)12-3-5-18(10-12)17(19)13-4-6-22-11-13/h4,6-9,11-12H,3,5,10H2,1-2H3/t12-/m0/s1. The Labute approximate surface area is 129 Å². The molecule has 1 saturated heterocycles. The fourth-order valence-corrected chi connectivity index (χ4v) is 2.85. The molecule has 3 rings (SSSR count). The maximum Gasteiger partial charge on any atom is 0.257 e. The van der Waals surface area contributed by atoms with Gasteiger partial charge in [-0.25, -0.2) is 0 Å². The topological polar surface area (TPSA) is 51.9 Å². The summed E-state index contributed by atoms with van der Waals surface area (Å²) in [7, 11) is 3.28. The van der Waals surface area contributed by atoms with Crippen LogP contribution in [0.25, 0.3) is 0 Å². The second-order valence-corrected chi connectivity index (χ2v) is 5.39. The maximum atomic E-state index is 12.3. The fraction of sp³-hybridized carbons (Fsp3) is 0.353. The smallest absolute Gasteiger partial charge is 0.257 e. The van der Waals surface area contributed by atoms with Crippen molar-refractivity contribution in [3.05, 3.63) is 47.9 Å². The first kappa shape index (κ1) is 14.5. The maximum absolute atomic E-state index is 12.3. The minimum Gasteiger partial charge on any atom is -0.497 e. The van der Waals surface area contributed by atoms with Gasteiger partial charge in [-0.3, -0.25) is 4.79 Å². The third-order valence-electron chi connectivity index (χ3n) is 4.09. The third kappa shape index (κ3) is 2.79. The Bertz CT molecular complexity index is 628. The molecule has 0 spiro atoms. The molecule has 5 nitrogen and oxygen atoms in total. The van der Waals surface area contributed by atoms with E-state index < -0.39 is 0 Å². The lowest BCUT2D eigenvalue weighted by atomic mass is 9.98. The summed E-state index contributed by atoms with van der Waals surface area (Å²) < 4.78 is 15.6. The Kier molecular flexibility index (Phi) is 4.04. The van der Waals surface area contributed by atoms with Crippen molar-refractivity contribution in [1.82, 2.24) is 4.90 Å². The van der Waals surface area contributed by atoms with Gasteiger partial charge < -0.3 is 18.8 Å². The van der Waals surface area contributed by atoms with Crippen LogP contribution in [-0.4, -0.2) is 38.1 Å². The number of methoxy groups -OCH3 is 2. The van der Waals surface area contributed by atoms with E-state index in [2.05, 4.69) is 0 Å². The van der Waals surface area contributed by atoms with Gasteiger partial charge in [-0.05, 0) is 30.2 Å². The van der Waals surface area contributed by atoms with E-state index in [0.717, 1.165) is 30.0 Å². The van der Waals surface area contributed by atoms with Crippen LogP contribution in [0, 0.1) is 0 Å². The number of furan rings is 1. The van der Waals surface area contributed by atoms with E-state index in [4.69, 9.17) is 13.9 Å². The summed E-state index contributed by atoms with van der Waals surface area (Å²) >= 11 is 0. The Morgan fingerprint density at radius 1 is 1.23 bits per heavy atom. The second-order valence-electron chi connectivity index (χ2n) is 5.39. The lowest BCUT2D eigenvalue weighted by Gasteiger charge is -2.16. The zero-order valence-electron chi connectivity index (χ0n) is 12.7. The number of nitrogens with zero attached hydrogens (tertiary/aromatic N) is 1. The molecule has 2 aromatic rings. The first-order valence-corrected chi connectivity index (χ1v) is 7.25. The van der Waals surface area contributed by atoms with Crippen LogP contribution in [0.4, 0.5) is 0 Å². The number of carbonyl (C=O) groups is 1. The fourth-order valence-electron chi connectivity index (χ4n) is 2.85. The normalized spacial score (nSPS) is 17.5. The van der Waals surface area contributed by atoms with Crippen LogP contribution in [0.3, 0.4) is 0 Å². The van der Waals surface area contributed by atoms with Gasteiger partial charge in [0.15, 0.2) is 0 Å². The molecule has 0 N–H and O–H groups in total. The molecule has 5 heteroatoms. The van der Waals surface area contributed by atoms with E-state index in [0.29, 0.717) is 18.0 Å². The molecule has 1 aliphatic rings. The lowest BCUT2D eigenvalue weighted by molar-refractivity contribution is 0.0790. The third-order valence-corrected chi connectivity index (χ3v) is 4.09. The van der Waals surface area contributed by atoms with Crippen molar-refractivity contribution in [2.75, 3.05) is 27.3 Å². The number of hydrogen-bond donors (Lipinski definition) is 0. The Balaban J connectivity index is 1.76. The summed E-state index contributed by atoms with van der Waals surface area (Å²) in [6.45, 7) is 1.44. The van der Waals surface area contributed by atoms with Gasteiger partial charge in [-0.15, -0.1) is 0 Å². The van der Waals surface area contributed by atoms with Crippen molar-refractivity contribution in [3.63, 3.8) is 0 Å². The van der Waals surface area contributed by atoms with Gasteiger partial charge in [0, 0.05) is 25.1 Å². The largest absolute Gasteiger partial charge is 0.497 e. The molecular weight excluding hydrogens is 282 g/mol. The second kappa shape index (κ2) is 6.13. The minimum atomic E-state index is 0.0195. The van der Waals surface area contributed by atoms with Gasteiger partial charge in [-0.1, -0.05) is 0 Å². The zero-order valence-corrected chi connectivity index (χ0v) is 12.7. The molecule has 0 saturated carbocycles. The molecule has 1 atom stereocenters. The van der Waals surface area contributed by atoms with Crippen LogP contribution in [0.1, 0.15) is 28.3 Å². The van der Waals surface area contributed by atoms with Crippen molar-refractivity contribution >= 4 is 5.91 Å². The van der Waals surface area contributed by atoms with E-state index >= 15 is 0 Å². The average Bonchev–Trinajstić information content (AvgIpc) is 3.25. The van der Waals surface area contributed by atoms with Crippen LogP contribution in [0.2, 0.25) is 0 Å². The summed E-state index contributed by atoms with van der Waals surface area (Å²) in [4.78, 5) is 14.2. The molecule has 1 fully saturated rings. The van der Waals surface area contributed by atoms with Gasteiger partial charge in [0.05, 0.1) is 26.0 Å². The summed E-state index contributed by atoms with van der Waals surface area (Å²) in [6.07, 6.45) is 3.94. The van der Waals surface area contributed by atoms with Crippen molar-refractivity contribution in [3.8, 4) is 11.5 Å². The van der Waals surface area contributed by atoms with Crippen LogP contribution in [0.5, 0.6) is 11.5 Å². The number of hydrogen-bond acceptors (Lipinski definition) is 4. The number of rotatable bonds is 4. The van der Waals surface area contributed by atoms with Gasteiger partial charge in [-0.2, -0.15) is 0 Å². The molecule has 0 unspecified atom stereocenters. The zero-order chi connectivity index (χ0) is 15.5. The first-order chi connectivity index (χ1) is 10.7. The molecule has 116 valence electrons. The van der Waals surface area contributed by atoms with E-state index in [1.807, 2.05) is 23.1 Å². The van der Waals surface area contributed by atoms with Crippen molar-refractivity contribution in [2.45, 2.75) is 12.3 Å². The van der Waals surface area contributed by atoms with Crippen LogP contribution in [-0.2, 0) is 0 Å². The molecule has 0 aliphatic carbocycles. The van der Waals surface area contributed by atoms with Crippen LogP contribution in [0.15, 0.2) is 41.2 Å². The van der Waals surface area contributed by atoms with E-state index in [1.54, 1.807) is 20.3 Å². The lowest BCUT2D eigenvalue weighted by Crippen LogP contribution is -2.28. The van der Waals surface area contributed by atoms with Gasteiger partial charge in [0.2, 0.25) is 0 Å². The molecule has 2 heterocycles. The predicted octanol–water partition coefficient (Wildman–Crippen LogP) is 2.93. The highest BCUT2D eigenvalue weighted by Crippen LogP contribution is 2.33. The Morgan fingerprint density at radius 2 is 1.95 bits per heavy atom. The van der Waals surface area contributed by atoms with Crippen LogP contribution >= 0.6 is 0 Å². The number of likely N-dealkylation sites (tertiary alicyclic amines) is 1. The number of benzene rings is 1. The van der Waals surface area contributed by atoms with E-state index in [-0.39, 0.29) is 5.91 Å². The molecule has 22 heavy (non-hydrogen) atoms. The summed E-state index contributed by atoms with van der Waals surface area (Å²) in [6, 6.07) is 7.58. The highest BCUT2D eigenvalue weighted by Gasteiger charge is 2.29. The van der Waals surface area contributed by atoms with Crippen molar-refractivity contribution in [2.24, 2.45) is 0 Å². The number of amides is 1. The molecule has 1 amide bonds. The molecule has 1 aliphatic heterocycles. The summed E-state index contributed by atoms with van der Waals surface area (Å²) in [5, 5.41) is 0. The van der Waals surface area contributed by atoms with Gasteiger partial charge >= 0.3 is 0 Å². The predicted molar refractivity (Wildman–Crippen MR) is 81.5 cm³/mol. The quantitative estimate of drug-likeness (QED) is 0.871. The molecule has 0 radical (unpaired) electrons. The van der Waals surface area contributed by atoms with Crippen molar-refractivity contribution < 1.29 is 18.7 Å². The van der Waals surface area contributed by atoms with Crippen molar-refractivity contribution in [1.29, 1.82) is 0 Å². The van der Waals surface area contributed by atoms with Gasteiger partial charge in [0.25, 0.3) is 5.91 Å². The monoisotopic (exact) mass is 301 g/mol. The summed E-state index contributed by atoms with van der Waals surface area (Å²) in [5.41, 5.74) is 1.74. The molecule has 1 aromatic heterocycles. The molecule has 0 bridgehead atoms. The van der Waals surface area contributed by atoms with E-state index in [1.165, 1.54) is 12.5 Å². The molecule has 1 aromatic carbocycles. The Morgan fingerprint density at radius 3 is 2.55 bits per heavy atom. The van der Waals surface area contributed by atoms with Crippen LogP contribution < -0.4 is 9.47 Å². The number of ether oxygens (including phenoxy) is 2. The molecular formula is C17H19NO4. The Hall–Kier alpha value is -2.43. The van der Waals surface area contributed by atoms with Gasteiger partial charge in [0.1, 0.15) is 17.8 Å². The minimum absolute atomic E-state index is 0.0195. The average molecular weight is 301 g/mol. The highest BCUT2D eigenvalue weighted by atomic mass is 16.5. The first-order valence-electron chi connectivity index (χ1n) is 7.25. The SMILES string of the molecule is COc1cc(OC)cc([C@H]2CCN(C(=O)c3ccoc3)C2)c1. The van der Waals surface area contributed by atoms with E-state index in [9.17, 15) is 4.79 Å².